The third kappa shape index (κ3) is 5.13. The Balaban J connectivity index is 1.46. The van der Waals surface area contributed by atoms with Crippen LogP contribution in [0.3, 0.4) is 0 Å². The van der Waals surface area contributed by atoms with Crippen molar-refractivity contribution in [3.8, 4) is 11.5 Å². The molecule has 0 aromatic heterocycles. The maximum absolute atomic E-state index is 12.2. The van der Waals surface area contributed by atoms with Crippen LogP contribution in [-0.4, -0.2) is 42.2 Å². The van der Waals surface area contributed by atoms with E-state index < -0.39 is 0 Å². The number of carbonyl (C=O) groups excluding carboxylic acids is 1. The van der Waals surface area contributed by atoms with Gasteiger partial charge in [0.05, 0.1) is 0 Å². The molecule has 2 N–H and O–H groups in total. The molecule has 1 fully saturated rings. The van der Waals surface area contributed by atoms with Crippen molar-refractivity contribution in [1.82, 2.24) is 10.2 Å². The highest BCUT2D eigenvalue weighted by atomic mass is 35.5. The average molecular weight is 375 g/mol. The Kier molecular flexibility index (Phi) is 6.36. The van der Waals surface area contributed by atoms with Gasteiger partial charge in [0.2, 0.25) is 0 Å². The molecule has 1 aliphatic rings. The highest BCUT2D eigenvalue weighted by Crippen LogP contribution is 2.21. The largest absolute Gasteiger partial charge is 0.508 e. The predicted molar refractivity (Wildman–Crippen MR) is 102 cm³/mol. The molecule has 2 aromatic carbocycles. The van der Waals surface area contributed by atoms with Gasteiger partial charge in [-0.1, -0.05) is 17.7 Å². The Morgan fingerprint density at radius 2 is 1.88 bits per heavy atom. The molecule has 3 rings (SSSR count). The predicted octanol–water partition coefficient (Wildman–Crippen LogP) is 3.45. The summed E-state index contributed by atoms with van der Waals surface area (Å²) in [5.74, 6) is 0.686. The van der Waals surface area contributed by atoms with Crippen LogP contribution >= 0.6 is 11.6 Å². The van der Waals surface area contributed by atoms with E-state index in [4.69, 9.17) is 16.3 Å². The topological polar surface area (TPSA) is 61.8 Å². The Morgan fingerprint density at radius 3 is 2.58 bits per heavy atom. The lowest BCUT2D eigenvalue weighted by Gasteiger charge is -2.15. The van der Waals surface area contributed by atoms with Gasteiger partial charge in [-0.2, -0.15) is 0 Å². The second-order valence-corrected chi connectivity index (χ2v) is 6.79. The first kappa shape index (κ1) is 18.5. The van der Waals surface area contributed by atoms with E-state index in [0.717, 1.165) is 30.9 Å². The molecule has 1 heterocycles. The first-order chi connectivity index (χ1) is 12.6. The molecule has 26 heavy (non-hydrogen) atoms. The molecule has 1 aliphatic heterocycles. The zero-order chi connectivity index (χ0) is 18.4. The number of benzene rings is 2. The van der Waals surface area contributed by atoms with Gasteiger partial charge >= 0.3 is 0 Å². The van der Waals surface area contributed by atoms with E-state index in [2.05, 4.69) is 10.2 Å². The van der Waals surface area contributed by atoms with Gasteiger partial charge in [0, 0.05) is 23.7 Å². The van der Waals surface area contributed by atoms with Crippen LogP contribution in [0.5, 0.6) is 11.5 Å². The third-order valence-corrected chi connectivity index (χ3v) is 4.82. The Bertz CT molecular complexity index is 743. The summed E-state index contributed by atoms with van der Waals surface area (Å²) in [6, 6.07) is 11.8. The van der Waals surface area contributed by atoms with Crippen molar-refractivity contribution in [1.29, 1.82) is 0 Å². The Hall–Kier alpha value is -2.24. The number of aromatic hydroxyl groups is 1. The molecule has 5 nitrogen and oxygen atoms in total. The first-order valence-electron chi connectivity index (χ1n) is 8.82. The first-order valence-corrected chi connectivity index (χ1v) is 9.20. The molecule has 2 aromatic rings. The van der Waals surface area contributed by atoms with Crippen LogP contribution in [0.1, 0.15) is 28.8 Å². The molecule has 0 atom stereocenters. The number of phenols is 1. The number of halogens is 1. The second kappa shape index (κ2) is 8.92. The lowest BCUT2D eigenvalue weighted by Crippen LogP contribution is -2.25. The number of carbonyl (C=O) groups is 1. The van der Waals surface area contributed by atoms with Crippen LogP contribution in [-0.2, 0) is 6.54 Å². The van der Waals surface area contributed by atoms with E-state index >= 15 is 0 Å². The number of phenolic OH excluding ortho intramolecular Hbond substituents is 1. The number of likely N-dealkylation sites (tertiary alicyclic amines) is 1. The lowest BCUT2D eigenvalue weighted by molar-refractivity contribution is 0.0951. The summed E-state index contributed by atoms with van der Waals surface area (Å²) in [5, 5.41) is 12.6. The van der Waals surface area contributed by atoms with Crippen molar-refractivity contribution >= 4 is 17.5 Å². The molecule has 0 aliphatic carbocycles. The van der Waals surface area contributed by atoms with Crippen molar-refractivity contribution in [2.75, 3.05) is 26.2 Å². The molecular formula is C20H23ClN2O3. The number of hydrogen-bond acceptors (Lipinski definition) is 4. The number of amides is 1. The number of rotatable bonds is 7. The normalized spacial score (nSPS) is 14.3. The summed E-state index contributed by atoms with van der Waals surface area (Å²) < 4.78 is 5.74. The summed E-state index contributed by atoms with van der Waals surface area (Å²) in [4.78, 5) is 14.6. The van der Waals surface area contributed by atoms with Crippen molar-refractivity contribution < 1.29 is 14.6 Å². The maximum Gasteiger partial charge on any atom is 0.251 e. The SMILES string of the molecule is O=C(NCc1ccc(O)cc1Cl)c1ccc(OCCN2CCCC2)cc1. The van der Waals surface area contributed by atoms with Crippen LogP contribution in [0.4, 0.5) is 0 Å². The van der Waals surface area contributed by atoms with E-state index in [1.165, 1.54) is 18.9 Å². The zero-order valence-electron chi connectivity index (χ0n) is 14.6. The molecule has 1 amide bonds. The molecule has 0 spiro atoms. The minimum Gasteiger partial charge on any atom is -0.508 e. The summed E-state index contributed by atoms with van der Waals surface area (Å²) >= 11 is 6.04. The molecule has 6 heteroatoms. The fourth-order valence-corrected chi connectivity index (χ4v) is 3.20. The van der Waals surface area contributed by atoms with Crippen LogP contribution in [0, 0.1) is 0 Å². The lowest BCUT2D eigenvalue weighted by atomic mass is 10.2. The molecule has 0 saturated carbocycles. The smallest absolute Gasteiger partial charge is 0.251 e. The van der Waals surface area contributed by atoms with E-state index in [0.29, 0.717) is 23.7 Å². The summed E-state index contributed by atoms with van der Waals surface area (Å²) in [7, 11) is 0. The number of nitrogens with zero attached hydrogens (tertiary/aromatic N) is 1. The molecule has 0 bridgehead atoms. The number of ether oxygens (including phenoxy) is 1. The number of hydrogen-bond donors (Lipinski definition) is 2. The Labute approximate surface area is 158 Å². The molecule has 0 unspecified atom stereocenters. The molecule has 1 saturated heterocycles. The van der Waals surface area contributed by atoms with E-state index in [1.807, 2.05) is 12.1 Å². The van der Waals surface area contributed by atoms with Crippen LogP contribution < -0.4 is 10.1 Å². The van der Waals surface area contributed by atoms with Crippen molar-refractivity contribution in [3.63, 3.8) is 0 Å². The molecule has 0 radical (unpaired) electrons. The average Bonchev–Trinajstić information content (AvgIpc) is 3.15. The van der Waals surface area contributed by atoms with Gasteiger partial charge in [0.1, 0.15) is 18.1 Å². The zero-order valence-corrected chi connectivity index (χ0v) is 15.3. The van der Waals surface area contributed by atoms with Crippen molar-refractivity contribution in [2.45, 2.75) is 19.4 Å². The fourth-order valence-electron chi connectivity index (χ4n) is 2.96. The minimum absolute atomic E-state index is 0.102. The summed E-state index contributed by atoms with van der Waals surface area (Å²) in [6.07, 6.45) is 2.55. The number of nitrogens with one attached hydrogen (secondary N) is 1. The van der Waals surface area contributed by atoms with Gasteiger partial charge in [-0.25, -0.2) is 0 Å². The van der Waals surface area contributed by atoms with E-state index in [9.17, 15) is 9.90 Å². The fraction of sp³-hybridized carbons (Fsp3) is 0.350. The summed E-state index contributed by atoms with van der Waals surface area (Å²) in [5.41, 5.74) is 1.31. The van der Waals surface area contributed by atoms with E-state index in [-0.39, 0.29) is 11.7 Å². The summed E-state index contributed by atoms with van der Waals surface area (Å²) in [6.45, 7) is 4.22. The third-order valence-electron chi connectivity index (χ3n) is 4.47. The van der Waals surface area contributed by atoms with Gasteiger partial charge in [-0.3, -0.25) is 9.69 Å². The van der Waals surface area contributed by atoms with Crippen LogP contribution in [0.25, 0.3) is 0 Å². The maximum atomic E-state index is 12.2. The highest BCUT2D eigenvalue weighted by Gasteiger charge is 2.11. The van der Waals surface area contributed by atoms with Gasteiger partial charge in [-0.15, -0.1) is 0 Å². The van der Waals surface area contributed by atoms with Gasteiger partial charge in [0.15, 0.2) is 0 Å². The molecular weight excluding hydrogens is 352 g/mol. The molecule has 138 valence electrons. The van der Waals surface area contributed by atoms with Crippen molar-refractivity contribution in [3.05, 3.63) is 58.6 Å². The van der Waals surface area contributed by atoms with E-state index in [1.54, 1.807) is 24.3 Å². The minimum atomic E-state index is -0.183. The Morgan fingerprint density at radius 1 is 1.15 bits per heavy atom. The second-order valence-electron chi connectivity index (χ2n) is 6.38. The monoisotopic (exact) mass is 374 g/mol. The van der Waals surface area contributed by atoms with Crippen LogP contribution in [0.2, 0.25) is 5.02 Å². The van der Waals surface area contributed by atoms with Gasteiger partial charge in [0.25, 0.3) is 5.91 Å². The quantitative estimate of drug-likeness (QED) is 0.779. The van der Waals surface area contributed by atoms with Gasteiger partial charge < -0.3 is 15.2 Å². The standard InChI is InChI=1S/C20H23ClN2O3/c21-19-13-17(24)6-3-16(19)14-22-20(25)15-4-7-18(8-5-15)26-12-11-23-9-1-2-10-23/h3-8,13,24H,1-2,9-12,14H2,(H,22,25). The van der Waals surface area contributed by atoms with Gasteiger partial charge in [-0.05, 0) is 67.9 Å². The highest BCUT2D eigenvalue weighted by molar-refractivity contribution is 6.31. The van der Waals surface area contributed by atoms with Crippen LogP contribution in [0.15, 0.2) is 42.5 Å². The van der Waals surface area contributed by atoms with Crippen molar-refractivity contribution in [2.24, 2.45) is 0 Å².